The number of hydrogen-bond donors (Lipinski definition) is 4. The lowest BCUT2D eigenvalue weighted by molar-refractivity contribution is -0.150. The minimum absolute atomic E-state index is 0.0770. The second-order valence-electron chi connectivity index (χ2n) is 16.0. The van der Waals surface area contributed by atoms with E-state index in [9.17, 15) is 24.0 Å². The smallest absolute Gasteiger partial charge is 0.407 e. The number of alkyl carbamates (subject to hydrolysis) is 1. The second-order valence-corrected chi connectivity index (χ2v) is 16.0. The van der Waals surface area contributed by atoms with Crippen LogP contribution in [-0.2, 0) is 46.6 Å². The van der Waals surface area contributed by atoms with Gasteiger partial charge in [0.2, 0.25) is 11.8 Å². The summed E-state index contributed by atoms with van der Waals surface area (Å²) in [5, 5.41) is 8.15. The number of benzene rings is 4. The molecule has 3 amide bonds. The summed E-state index contributed by atoms with van der Waals surface area (Å²) in [5.41, 5.74) is 12.0. The van der Waals surface area contributed by atoms with Gasteiger partial charge in [0.15, 0.2) is 0 Å². The molecular weight excluding hydrogens is 773 g/mol. The van der Waals surface area contributed by atoms with Crippen molar-refractivity contribution in [1.29, 1.82) is 0 Å². The topological polar surface area (TPSA) is 175 Å². The lowest BCUT2D eigenvalue weighted by Crippen LogP contribution is -2.52. The summed E-state index contributed by atoms with van der Waals surface area (Å²) in [4.78, 5) is 62.8. The Morgan fingerprint density at radius 1 is 0.541 bits per heavy atom. The van der Waals surface area contributed by atoms with Crippen molar-refractivity contribution >= 4 is 29.8 Å². The molecule has 0 saturated carbocycles. The van der Waals surface area contributed by atoms with Gasteiger partial charge in [0.1, 0.15) is 37.9 Å². The van der Waals surface area contributed by atoms with E-state index >= 15 is 0 Å². The summed E-state index contributed by atoms with van der Waals surface area (Å²) >= 11 is 0. The van der Waals surface area contributed by atoms with Gasteiger partial charge in [0.05, 0.1) is 6.04 Å². The highest BCUT2D eigenvalue weighted by atomic mass is 16.6. The number of rotatable bonds is 19. The van der Waals surface area contributed by atoms with Crippen LogP contribution >= 0.6 is 0 Å². The number of hydrogen-bond acceptors (Lipinski definition) is 9. The number of fused-ring (bicyclic) bond motifs is 3. The van der Waals surface area contributed by atoms with Crippen LogP contribution in [0.4, 0.5) is 4.79 Å². The van der Waals surface area contributed by atoms with Gasteiger partial charge in [-0.1, -0.05) is 151 Å². The Morgan fingerprint density at radius 2 is 0.967 bits per heavy atom. The minimum Gasteiger partial charge on any atom is -0.459 e. The van der Waals surface area contributed by atoms with E-state index in [2.05, 4.69) is 40.2 Å². The van der Waals surface area contributed by atoms with E-state index in [1.54, 1.807) is 6.92 Å². The molecule has 61 heavy (non-hydrogen) atoms. The van der Waals surface area contributed by atoms with Crippen molar-refractivity contribution in [3.63, 3.8) is 0 Å². The maximum absolute atomic E-state index is 13.1. The first kappa shape index (κ1) is 47.7. The molecule has 0 spiro atoms. The van der Waals surface area contributed by atoms with Crippen LogP contribution in [0.25, 0.3) is 11.1 Å². The third kappa shape index (κ3) is 14.9. The summed E-state index contributed by atoms with van der Waals surface area (Å²) < 4.78 is 16.4. The van der Waals surface area contributed by atoms with Crippen LogP contribution in [0.15, 0.2) is 109 Å². The highest BCUT2D eigenvalue weighted by Crippen LogP contribution is 2.44. The van der Waals surface area contributed by atoms with Gasteiger partial charge in [-0.15, -0.1) is 0 Å². The van der Waals surface area contributed by atoms with E-state index in [0.29, 0.717) is 25.7 Å². The molecule has 12 heteroatoms. The van der Waals surface area contributed by atoms with E-state index in [4.69, 9.17) is 19.9 Å². The molecule has 1 aliphatic carbocycles. The number of amides is 3. The lowest BCUT2D eigenvalue weighted by atomic mass is 9.98. The van der Waals surface area contributed by atoms with Gasteiger partial charge in [0.25, 0.3) is 0 Å². The van der Waals surface area contributed by atoms with Gasteiger partial charge in [-0.25, -0.2) is 14.4 Å². The van der Waals surface area contributed by atoms with Crippen LogP contribution in [0.2, 0.25) is 0 Å². The Hall–Kier alpha value is -6.01. The van der Waals surface area contributed by atoms with Gasteiger partial charge in [-0.3, -0.25) is 9.59 Å². The molecule has 0 aliphatic heterocycles. The second kappa shape index (κ2) is 24.3. The monoisotopic (exact) mass is 834 g/mol. The van der Waals surface area contributed by atoms with E-state index in [-0.39, 0.29) is 43.5 Å². The third-order valence-electron chi connectivity index (χ3n) is 10.2. The van der Waals surface area contributed by atoms with Crippen LogP contribution in [0, 0.1) is 11.8 Å². The standard InChI is InChI=1S/C32H36N2O5.C17H26N2O3/c1-4-28(30(35)33-29(18-21(2)3)31(36)38-19-22-12-6-5-7-13-22)34-32(37)39-20-27-25-16-10-8-14-23(25)24-15-9-11-17-26(24)27;1-4-14(18)16(20)19-15(10-12(2)3)17(21)22-11-13-8-6-5-7-9-13/h5-17,21,27-29H,4,18-20H2,1-3H3,(H,33,35)(H,34,37);5-9,12,14-15H,4,10-11,18H2,1-3H3,(H,19,20)/t28-,29?;14-,15?/m00/s1. The van der Waals surface area contributed by atoms with Gasteiger partial charge in [-0.05, 0) is 70.9 Å². The fourth-order valence-corrected chi connectivity index (χ4v) is 6.90. The average Bonchev–Trinajstić information content (AvgIpc) is 3.58. The molecule has 2 unspecified atom stereocenters. The maximum Gasteiger partial charge on any atom is 0.407 e. The largest absolute Gasteiger partial charge is 0.459 e. The third-order valence-corrected chi connectivity index (χ3v) is 10.2. The molecule has 4 aromatic carbocycles. The zero-order valence-electron chi connectivity index (χ0n) is 36.2. The van der Waals surface area contributed by atoms with Gasteiger partial charge in [0, 0.05) is 5.92 Å². The minimum atomic E-state index is -0.850. The Balaban J connectivity index is 0.000000317. The number of esters is 2. The predicted molar refractivity (Wildman–Crippen MR) is 236 cm³/mol. The predicted octanol–water partition coefficient (Wildman–Crippen LogP) is 7.58. The number of carbonyl (C=O) groups is 5. The van der Waals surface area contributed by atoms with Crippen molar-refractivity contribution in [2.24, 2.45) is 17.6 Å². The van der Waals surface area contributed by atoms with Gasteiger partial charge in [-0.2, -0.15) is 0 Å². The summed E-state index contributed by atoms with van der Waals surface area (Å²) in [6.45, 7) is 12.0. The van der Waals surface area contributed by atoms with Crippen molar-refractivity contribution < 1.29 is 38.2 Å². The van der Waals surface area contributed by atoms with Crippen LogP contribution in [0.3, 0.4) is 0 Å². The molecule has 0 heterocycles. The molecule has 326 valence electrons. The van der Waals surface area contributed by atoms with Crippen LogP contribution < -0.4 is 21.7 Å². The Bertz CT molecular complexity index is 1980. The van der Waals surface area contributed by atoms with Crippen LogP contribution in [0.5, 0.6) is 0 Å². The molecular formula is C49H62N4O8. The molecule has 0 saturated heterocycles. The summed E-state index contributed by atoms with van der Waals surface area (Å²) in [6, 6.07) is 32.1. The summed E-state index contributed by atoms with van der Waals surface area (Å²) in [6.07, 6.45) is 1.13. The summed E-state index contributed by atoms with van der Waals surface area (Å²) in [7, 11) is 0. The molecule has 0 fully saturated rings. The van der Waals surface area contributed by atoms with Gasteiger partial charge < -0.3 is 35.9 Å². The molecule has 5 N–H and O–H groups in total. The van der Waals surface area contributed by atoms with Gasteiger partial charge >= 0.3 is 18.0 Å². The van der Waals surface area contributed by atoms with Crippen molar-refractivity contribution in [3.8, 4) is 11.1 Å². The zero-order valence-corrected chi connectivity index (χ0v) is 36.2. The first-order valence-electron chi connectivity index (χ1n) is 21.2. The van der Waals surface area contributed by atoms with E-state index in [0.717, 1.165) is 33.4 Å². The van der Waals surface area contributed by atoms with Crippen molar-refractivity contribution in [3.05, 3.63) is 131 Å². The molecule has 4 atom stereocenters. The van der Waals surface area contributed by atoms with Crippen LogP contribution in [-0.4, -0.2) is 60.6 Å². The van der Waals surface area contributed by atoms with E-state index in [1.807, 2.05) is 120 Å². The number of ether oxygens (including phenoxy) is 3. The SMILES string of the molecule is CC[C@H](N)C(=O)NC(CC(C)C)C(=O)OCc1ccccc1.CC[C@H](NC(=O)OCC1c2ccccc2-c2ccccc21)C(=O)NC(CC(C)C)C(=O)OCc1ccccc1. The first-order valence-corrected chi connectivity index (χ1v) is 21.2. The Labute approximate surface area is 360 Å². The van der Waals surface area contributed by atoms with E-state index in [1.165, 1.54) is 0 Å². The fourth-order valence-electron chi connectivity index (χ4n) is 6.90. The van der Waals surface area contributed by atoms with Crippen molar-refractivity contribution in [2.45, 2.75) is 111 Å². The molecule has 0 radical (unpaired) electrons. The highest BCUT2D eigenvalue weighted by Gasteiger charge is 2.31. The molecule has 0 bridgehead atoms. The van der Waals surface area contributed by atoms with E-state index < -0.39 is 48.1 Å². The number of nitrogens with two attached hydrogens (primary N) is 1. The van der Waals surface area contributed by atoms with Crippen LogP contribution in [0.1, 0.15) is 95.4 Å². The molecule has 12 nitrogen and oxygen atoms in total. The Morgan fingerprint density at radius 3 is 1.39 bits per heavy atom. The zero-order chi connectivity index (χ0) is 44.3. The molecule has 0 aromatic heterocycles. The first-order chi connectivity index (χ1) is 29.3. The highest BCUT2D eigenvalue weighted by molar-refractivity contribution is 5.90. The number of carbonyl (C=O) groups excluding carboxylic acids is 5. The lowest BCUT2D eigenvalue weighted by Gasteiger charge is -2.23. The van der Waals surface area contributed by atoms with Crippen molar-refractivity contribution in [2.75, 3.05) is 6.61 Å². The van der Waals surface area contributed by atoms with Crippen molar-refractivity contribution in [1.82, 2.24) is 16.0 Å². The average molecular weight is 835 g/mol. The maximum atomic E-state index is 13.1. The molecule has 1 aliphatic rings. The summed E-state index contributed by atoms with van der Waals surface area (Å²) in [5.74, 6) is -1.36. The fraction of sp³-hybridized carbons (Fsp3) is 0.408. The number of nitrogens with one attached hydrogen (secondary N) is 3. The molecule has 5 rings (SSSR count). The molecule has 4 aromatic rings. The normalized spacial score (nSPS) is 13.6. The quantitative estimate of drug-likeness (QED) is 0.0549. The Kier molecular flexibility index (Phi) is 19.0.